The Morgan fingerprint density at radius 3 is 2.59 bits per heavy atom. The van der Waals surface area contributed by atoms with Crippen LogP contribution in [0.25, 0.3) is 0 Å². The van der Waals surface area contributed by atoms with E-state index in [0.29, 0.717) is 0 Å². The molecule has 0 fully saturated rings. The highest BCUT2D eigenvalue weighted by atomic mass is 19.3. The molecule has 0 aromatic carbocycles. The third-order valence-electron chi connectivity index (χ3n) is 1.79. The fourth-order valence-electron chi connectivity index (χ4n) is 0.949. The molecule has 0 aliphatic carbocycles. The van der Waals surface area contributed by atoms with Crippen molar-refractivity contribution in [1.82, 2.24) is 4.98 Å². The second-order valence-electron chi connectivity index (χ2n) is 3.17. The van der Waals surface area contributed by atoms with Crippen LogP contribution in [0.2, 0.25) is 0 Å². The first-order valence-corrected chi connectivity index (χ1v) is 4.65. The van der Waals surface area contributed by atoms with E-state index in [1.54, 1.807) is 0 Å². The molecule has 0 atom stereocenters. The molecule has 3 N–H and O–H groups in total. The standard InChI is InChI=1S/C9H11F4N3O/c10-8(11)17-6-1-2-7(15-3-6)16-5-9(12,13)4-14/h1-3,8H,4-5,14H2,(H,15,16). The Morgan fingerprint density at radius 2 is 2.12 bits per heavy atom. The number of pyridine rings is 1. The number of aromatic nitrogens is 1. The number of hydrogen-bond donors (Lipinski definition) is 2. The zero-order chi connectivity index (χ0) is 12.9. The summed E-state index contributed by atoms with van der Waals surface area (Å²) < 4.78 is 53.1. The number of nitrogens with two attached hydrogens (primary N) is 1. The average Bonchev–Trinajstić information content (AvgIpc) is 2.28. The first kappa shape index (κ1) is 13.5. The maximum absolute atomic E-state index is 12.8. The largest absolute Gasteiger partial charge is 0.433 e. The molecule has 0 amide bonds. The number of alkyl halides is 4. The third-order valence-corrected chi connectivity index (χ3v) is 1.79. The summed E-state index contributed by atoms with van der Waals surface area (Å²) in [5.41, 5.74) is 4.84. The summed E-state index contributed by atoms with van der Waals surface area (Å²) in [6, 6.07) is 2.45. The predicted molar refractivity (Wildman–Crippen MR) is 53.4 cm³/mol. The number of nitrogens with one attached hydrogen (secondary N) is 1. The van der Waals surface area contributed by atoms with Gasteiger partial charge in [-0.1, -0.05) is 0 Å². The lowest BCUT2D eigenvalue weighted by Gasteiger charge is -2.14. The number of anilines is 1. The lowest BCUT2D eigenvalue weighted by atomic mass is 10.3. The van der Waals surface area contributed by atoms with Gasteiger partial charge in [0, 0.05) is 0 Å². The number of rotatable bonds is 6. The van der Waals surface area contributed by atoms with Crippen LogP contribution in [0, 0.1) is 0 Å². The molecule has 0 aliphatic rings. The Bertz CT molecular complexity index is 345. The van der Waals surface area contributed by atoms with E-state index in [1.165, 1.54) is 12.1 Å². The summed E-state index contributed by atoms with van der Waals surface area (Å²) in [5.74, 6) is -3.06. The Balaban J connectivity index is 2.51. The molecule has 0 spiro atoms. The van der Waals surface area contributed by atoms with Gasteiger partial charge in [0.25, 0.3) is 5.92 Å². The summed E-state index contributed by atoms with van der Waals surface area (Å²) >= 11 is 0. The normalized spacial score (nSPS) is 11.6. The zero-order valence-corrected chi connectivity index (χ0v) is 8.67. The molecule has 1 aromatic heterocycles. The number of halogens is 4. The molecule has 1 heterocycles. The number of hydrogen-bond acceptors (Lipinski definition) is 4. The van der Waals surface area contributed by atoms with Crippen molar-refractivity contribution in [3.63, 3.8) is 0 Å². The third kappa shape index (κ3) is 4.85. The van der Waals surface area contributed by atoms with Crippen molar-refractivity contribution >= 4 is 5.82 Å². The fraction of sp³-hybridized carbons (Fsp3) is 0.444. The monoisotopic (exact) mass is 253 g/mol. The van der Waals surface area contributed by atoms with E-state index in [0.717, 1.165) is 6.20 Å². The molecule has 96 valence electrons. The first-order chi connectivity index (χ1) is 7.93. The van der Waals surface area contributed by atoms with E-state index < -0.39 is 25.6 Å². The minimum atomic E-state index is -3.04. The molecule has 0 saturated heterocycles. The zero-order valence-electron chi connectivity index (χ0n) is 8.67. The number of nitrogens with zero attached hydrogens (tertiary/aromatic N) is 1. The summed E-state index contributed by atoms with van der Waals surface area (Å²) in [6.45, 7) is -4.41. The summed E-state index contributed by atoms with van der Waals surface area (Å²) in [5, 5.41) is 2.33. The van der Waals surface area contributed by atoms with Gasteiger partial charge in [0.2, 0.25) is 0 Å². The SMILES string of the molecule is NCC(F)(F)CNc1ccc(OC(F)F)cn1. The minimum absolute atomic E-state index is 0.125. The van der Waals surface area contributed by atoms with Gasteiger partial charge in [-0.15, -0.1) is 0 Å². The van der Waals surface area contributed by atoms with Gasteiger partial charge in [0.15, 0.2) is 0 Å². The van der Waals surface area contributed by atoms with E-state index in [2.05, 4.69) is 15.0 Å². The highest BCUT2D eigenvalue weighted by molar-refractivity contribution is 5.37. The minimum Gasteiger partial charge on any atom is -0.433 e. The fourth-order valence-corrected chi connectivity index (χ4v) is 0.949. The van der Waals surface area contributed by atoms with Gasteiger partial charge in [-0.2, -0.15) is 8.78 Å². The summed E-state index contributed by atoms with van der Waals surface area (Å²) in [4.78, 5) is 3.63. The molecule has 8 heteroatoms. The summed E-state index contributed by atoms with van der Waals surface area (Å²) in [7, 11) is 0. The second-order valence-corrected chi connectivity index (χ2v) is 3.17. The van der Waals surface area contributed by atoms with E-state index >= 15 is 0 Å². The van der Waals surface area contributed by atoms with Crippen molar-refractivity contribution in [3.8, 4) is 5.75 Å². The van der Waals surface area contributed by atoms with Crippen molar-refractivity contribution < 1.29 is 22.3 Å². The van der Waals surface area contributed by atoms with Gasteiger partial charge in [0.05, 0.1) is 19.3 Å². The molecule has 0 unspecified atom stereocenters. The molecule has 0 saturated carbocycles. The van der Waals surface area contributed by atoms with E-state index in [-0.39, 0.29) is 11.6 Å². The van der Waals surface area contributed by atoms with Gasteiger partial charge in [-0.05, 0) is 12.1 Å². The molecular formula is C9H11F4N3O. The quantitative estimate of drug-likeness (QED) is 0.757. The first-order valence-electron chi connectivity index (χ1n) is 4.65. The van der Waals surface area contributed by atoms with Crippen LogP contribution < -0.4 is 15.8 Å². The highest BCUT2D eigenvalue weighted by Crippen LogP contribution is 2.16. The van der Waals surface area contributed by atoms with Gasteiger partial charge in [-0.25, -0.2) is 13.8 Å². The maximum Gasteiger partial charge on any atom is 0.387 e. The lowest BCUT2D eigenvalue weighted by Crippen LogP contribution is -2.35. The summed E-state index contributed by atoms with van der Waals surface area (Å²) in [6.07, 6.45) is 1.01. The van der Waals surface area contributed by atoms with Crippen LogP contribution in [-0.2, 0) is 0 Å². The molecule has 0 radical (unpaired) electrons. The Kier molecular flexibility index (Phi) is 4.50. The lowest BCUT2D eigenvalue weighted by molar-refractivity contribution is -0.0500. The molecule has 1 rings (SSSR count). The molecular weight excluding hydrogens is 242 g/mol. The molecule has 17 heavy (non-hydrogen) atoms. The van der Waals surface area contributed by atoms with Gasteiger partial charge >= 0.3 is 6.61 Å². The number of ether oxygens (including phenoxy) is 1. The van der Waals surface area contributed by atoms with E-state index in [4.69, 9.17) is 5.73 Å². The van der Waals surface area contributed by atoms with Crippen molar-refractivity contribution in [3.05, 3.63) is 18.3 Å². The van der Waals surface area contributed by atoms with Crippen LogP contribution in [0.4, 0.5) is 23.4 Å². The topological polar surface area (TPSA) is 60.2 Å². The molecule has 0 aliphatic heterocycles. The Morgan fingerprint density at radius 1 is 1.41 bits per heavy atom. The van der Waals surface area contributed by atoms with Crippen molar-refractivity contribution in [2.45, 2.75) is 12.5 Å². The molecule has 4 nitrogen and oxygen atoms in total. The van der Waals surface area contributed by atoms with Gasteiger partial charge in [0.1, 0.15) is 11.6 Å². The molecule has 0 bridgehead atoms. The van der Waals surface area contributed by atoms with Crippen molar-refractivity contribution in [2.24, 2.45) is 5.73 Å². The predicted octanol–water partition coefficient (Wildman–Crippen LogP) is 1.69. The Labute approximate surface area is 94.8 Å². The Hall–Kier alpha value is -1.57. The highest BCUT2D eigenvalue weighted by Gasteiger charge is 2.26. The smallest absolute Gasteiger partial charge is 0.387 e. The van der Waals surface area contributed by atoms with E-state index in [1.807, 2.05) is 0 Å². The van der Waals surface area contributed by atoms with Crippen LogP contribution >= 0.6 is 0 Å². The maximum atomic E-state index is 12.8. The van der Waals surface area contributed by atoms with Crippen LogP contribution in [-0.4, -0.2) is 30.6 Å². The average molecular weight is 253 g/mol. The second kappa shape index (κ2) is 5.67. The molecule has 1 aromatic rings. The van der Waals surface area contributed by atoms with Crippen molar-refractivity contribution in [2.75, 3.05) is 18.4 Å². The van der Waals surface area contributed by atoms with Crippen LogP contribution in [0.3, 0.4) is 0 Å². The van der Waals surface area contributed by atoms with Crippen molar-refractivity contribution in [1.29, 1.82) is 0 Å². The van der Waals surface area contributed by atoms with E-state index in [9.17, 15) is 17.6 Å². The van der Waals surface area contributed by atoms with Gasteiger partial charge in [-0.3, -0.25) is 0 Å². The van der Waals surface area contributed by atoms with Crippen LogP contribution in [0.1, 0.15) is 0 Å². The van der Waals surface area contributed by atoms with Crippen LogP contribution in [0.5, 0.6) is 5.75 Å². The van der Waals surface area contributed by atoms with Gasteiger partial charge < -0.3 is 15.8 Å². The van der Waals surface area contributed by atoms with Crippen LogP contribution in [0.15, 0.2) is 18.3 Å².